The van der Waals surface area contributed by atoms with Gasteiger partial charge in [0.2, 0.25) is 0 Å². The fourth-order valence-corrected chi connectivity index (χ4v) is 3.58. The van der Waals surface area contributed by atoms with Crippen molar-refractivity contribution < 1.29 is 4.74 Å². The summed E-state index contributed by atoms with van der Waals surface area (Å²) in [6.45, 7) is 5.50. The normalized spacial score (nSPS) is 20.3. The highest BCUT2D eigenvalue weighted by atomic mass is 35.5. The molecule has 0 aromatic heterocycles. The van der Waals surface area contributed by atoms with Crippen molar-refractivity contribution in [2.45, 2.75) is 31.8 Å². The Morgan fingerprint density at radius 1 is 1.50 bits per heavy atom. The van der Waals surface area contributed by atoms with Crippen LogP contribution in [-0.4, -0.2) is 50.3 Å². The van der Waals surface area contributed by atoms with Crippen molar-refractivity contribution in [1.82, 2.24) is 10.2 Å². The van der Waals surface area contributed by atoms with E-state index in [0.717, 1.165) is 31.7 Å². The lowest BCUT2D eigenvalue weighted by Gasteiger charge is -2.23. The lowest BCUT2D eigenvalue weighted by molar-refractivity contribution is 0.143. The van der Waals surface area contributed by atoms with E-state index >= 15 is 0 Å². The van der Waals surface area contributed by atoms with Gasteiger partial charge in [-0.05, 0) is 44.0 Å². The summed E-state index contributed by atoms with van der Waals surface area (Å²) < 4.78 is 5.16. The molecule has 0 aliphatic carbocycles. The largest absolute Gasteiger partial charge is 0.383 e. The number of rotatable bonds is 7. The smallest absolute Gasteiger partial charge is 0.189 e. The third-order valence-corrected chi connectivity index (χ3v) is 4.91. The van der Waals surface area contributed by atoms with Crippen LogP contribution in [-0.2, 0) is 4.74 Å². The van der Waals surface area contributed by atoms with Crippen LogP contribution in [0.3, 0.4) is 0 Å². The molecule has 5 nitrogen and oxygen atoms in total. The molecule has 0 spiro atoms. The quantitative estimate of drug-likeness (QED) is 0.570. The number of nitrogens with zero attached hydrogens (tertiary/aromatic N) is 2. The van der Waals surface area contributed by atoms with Gasteiger partial charge < -0.3 is 15.8 Å². The van der Waals surface area contributed by atoms with E-state index < -0.39 is 0 Å². The van der Waals surface area contributed by atoms with Crippen molar-refractivity contribution in [1.29, 1.82) is 0 Å². The molecular formula is C17H26Cl2N4O. The van der Waals surface area contributed by atoms with Gasteiger partial charge in [0.05, 0.1) is 19.2 Å². The highest BCUT2D eigenvalue weighted by Gasteiger charge is 2.23. The maximum absolute atomic E-state index is 6.23. The van der Waals surface area contributed by atoms with E-state index in [1.165, 1.54) is 6.42 Å². The van der Waals surface area contributed by atoms with Crippen LogP contribution in [0.15, 0.2) is 23.2 Å². The summed E-state index contributed by atoms with van der Waals surface area (Å²) in [5, 5.41) is 4.44. The second-order valence-corrected chi connectivity index (χ2v) is 6.93. The Bertz CT molecular complexity index is 568. The molecule has 1 fully saturated rings. The number of halogens is 2. The summed E-state index contributed by atoms with van der Waals surface area (Å²) in [6, 6.07) is 5.86. The molecule has 0 radical (unpaired) electrons. The van der Waals surface area contributed by atoms with Crippen molar-refractivity contribution >= 4 is 29.2 Å². The van der Waals surface area contributed by atoms with Gasteiger partial charge in [0, 0.05) is 29.7 Å². The Morgan fingerprint density at radius 3 is 3.00 bits per heavy atom. The van der Waals surface area contributed by atoms with Crippen molar-refractivity contribution in [2.24, 2.45) is 10.7 Å². The van der Waals surface area contributed by atoms with Gasteiger partial charge in [0.25, 0.3) is 0 Å². The summed E-state index contributed by atoms with van der Waals surface area (Å²) in [5.74, 6) is 0.437. The number of methoxy groups -OCH3 is 1. The minimum absolute atomic E-state index is 0.0355. The average molecular weight is 373 g/mol. The molecule has 134 valence electrons. The molecule has 0 saturated carbocycles. The van der Waals surface area contributed by atoms with Crippen LogP contribution < -0.4 is 11.1 Å². The van der Waals surface area contributed by atoms with Gasteiger partial charge in [-0.1, -0.05) is 29.3 Å². The van der Waals surface area contributed by atoms with Crippen molar-refractivity contribution in [3.63, 3.8) is 0 Å². The number of aliphatic imine (C=N–C) groups is 1. The van der Waals surface area contributed by atoms with E-state index in [9.17, 15) is 0 Å². The Hall–Kier alpha value is -1.01. The molecular weight excluding hydrogens is 347 g/mol. The first-order chi connectivity index (χ1) is 11.5. The summed E-state index contributed by atoms with van der Waals surface area (Å²) >= 11 is 12.2. The maximum Gasteiger partial charge on any atom is 0.189 e. The van der Waals surface area contributed by atoms with E-state index in [4.69, 9.17) is 33.7 Å². The average Bonchev–Trinajstić information content (AvgIpc) is 2.98. The molecule has 3 N–H and O–H groups in total. The van der Waals surface area contributed by atoms with E-state index in [0.29, 0.717) is 28.6 Å². The summed E-state index contributed by atoms with van der Waals surface area (Å²) in [6.07, 6.45) is 2.35. The van der Waals surface area contributed by atoms with Gasteiger partial charge in [-0.25, -0.2) is 0 Å². The zero-order valence-corrected chi connectivity index (χ0v) is 15.8. The van der Waals surface area contributed by atoms with Gasteiger partial charge in [-0.2, -0.15) is 0 Å². The second kappa shape index (κ2) is 9.47. The molecule has 1 heterocycles. The minimum atomic E-state index is -0.0355. The van der Waals surface area contributed by atoms with E-state index in [2.05, 4.69) is 15.2 Å². The number of ether oxygens (including phenoxy) is 1. The fourth-order valence-electron chi connectivity index (χ4n) is 3.01. The Morgan fingerprint density at radius 2 is 2.29 bits per heavy atom. The monoisotopic (exact) mass is 372 g/mol. The number of benzene rings is 1. The molecule has 2 unspecified atom stereocenters. The molecule has 2 rings (SSSR count). The van der Waals surface area contributed by atoms with Crippen LogP contribution in [0.4, 0.5) is 0 Å². The van der Waals surface area contributed by atoms with Crippen LogP contribution in [0.2, 0.25) is 10.0 Å². The van der Waals surface area contributed by atoms with Crippen LogP contribution in [0.5, 0.6) is 0 Å². The van der Waals surface area contributed by atoms with Gasteiger partial charge >= 0.3 is 0 Å². The number of hydrogen-bond acceptors (Lipinski definition) is 3. The predicted octanol–water partition coefficient (Wildman–Crippen LogP) is 3.07. The van der Waals surface area contributed by atoms with E-state index in [-0.39, 0.29) is 6.04 Å². The van der Waals surface area contributed by atoms with E-state index in [1.54, 1.807) is 13.2 Å². The van der Waals surface area contributed by atoms with Crippen LogP contribution in [0, 0.1) is 0 Å². The number of nitrogens with one attached hydrogen (secondary N) is 1. The van der Waals surface area contributed by atoms with Gasteiger partial charge in [0.1, 0.15) is 0 Å². The summed E-state index contributed by atoms with van der Waals surface area (Å²) in [7, 11) is 1.73. The number of likely N-dealkylation sites (tertiary alicyclic amines) is 1. The molecule has 1 aliphatic heterocycles. The second-order valence-electron chi connectivity index (χ2n) is 6.08. The molecule has 7 heteroatoms. The first-order valence-electron chi connectivity index (χ1n) is 8.25. The third-order valence-electron chi connectivity index (χ3n) is 4.35. The Kier molecular flexibility index (Phi) is 7.62. The van der Waals surface area contributed by atoms with Crippen LogP contribution in [0.1, 0.15) is 31.4 Å². The molecule has 24 heavy (non-hydrogen) atoms. The highest BCUT2D eigenvalue weighted by Crippen LogP contribution is 2.26. The molecule has 1 aromatic carbocycles. The van der Waals surface area contributed by atoms with Crippen molar-refractivity contribution in [3.8, 4) is 0 Å². The van der Waals surface area contributed by atoms with Crippen molar-refractivity contribution in [3.05, 3.63) is 33.8 Å². The predicted molar refractivity (Wildman–Crippen MR) is 101 cm³/mol. The topological polar surface area (TPSA) is 62.9 Å². The number of nitrogens with two attached hydrogens (primary N) is 1. The third kappa shape index (κ3) is 5.52. The minimum Gasteiger partial charge on any atom is -0.383 e. The fraction of sp³-hybridized carbons (Fsp3) is 0.588. The number of guanidine groups is 1. The zero-order valence-electron chi connectivity index (χ0n) is 14.3. The summed E-state index contributed by atoms with van der Waals surface area (Å²) in [4.78, 5) is 6.93. The van der Waals surface area contributed by atoms with E-state index in [1.807, 2.05) is 19.1 Å². The van der Waals surface area contributed by atoms with Gasteiger partial charge in [0.15, 0.2) is 5.96 Å². The van der Waals surface area contributed by atoms with Crippen molar-refractivity contribution in [2.75, 3.05) is 33.4 Å². The molecule has 2 atom stereocenters. The Labute approximate surface area is 154 Å². The first kappa shape index (κ1) is 19.3. The van der Waals surface area contributed by atoms with Crippen LogP contribution >= 0.6 is 23.2 Å². The molecule has 0 amide bonds. The molecule has 1 aromatic rings. The summed E-state index contributed by atoms with van der Waals surface area (Å²) in [5.41, 5.74) is 6.99. The SMILES string of the molecule is COCCN1CCCC1CN=C(N)NC(C)c1ccc(Cl)cc1Cl. The number of hydrogen-bond donors (Lipinski definition) is 2. The molecule has 1 aliphatic rings. The first-order valence-corrected chi connectivity index (χ1v) is 9.01. The zero-order chi connectivity index (χ0) is 17.5. The van der Waals surface area contributed by atoms with Crippen LogP contribution in [0.25, 0.3) is 0 Å². The molecule has 1 saturated heterocycles. The molecule has 0 bridgehead atoms. The lowest BCUT2D eigenvalue weighted by Crippen LogP contribution is -2.37. The standard InChI is InChI=1S/C17H26Cl2N4O/c1-12(15-6-5-13(18)10-16(15)19)22-17(20)21-11-14-4-3-7-23(14)8-9-24-2/h5-6,10,12,14H,3-4,7-9,11H2,1-2H3,(H3,20,21,22). The highest BCUT2D eigenvalue weighted by molar-refractivity contribution is 6.35. The van der Waals surface area contributed by atoms with Gasteiger partial charge in [-0.15, -0.1) is 0 Å². The Balaban J connectivity index is 1.89. The van der Waals surface area contributed by atoms with Gasteiger partial charge in [-0.3, -0.25) is 9.89 Å². The lowest BCUT2D eigenvalue weighted by atomic mass is 10.1. The maximum atomic E-state index is 6.23.